The summed E-state index contributed by atoms with van der Waals surface area (Å²) in [6, 6.07) is 0. The normalized spacial score (nSPS) is 11.1. The second kappa shape index (κ2) is 7.83. The fraction of sp³-hybridized carbons (Fsp3) is 0.600. The molecule has 1 heterocycles. The Morgan fingerprint density at radius 3 is 2.69 bits per heavy atom. The zero-order valence-electron chi connectivity index (χ0n) is 9.91. The first-order valence-electron chi connectivity index (χ1n) is 5.10. The van der Waals surface area contributed by atoms with Crippen LogP contribution in [0.25, 0.3) is 0 Å². The van der Waals surface area contributed by atoms with E-state index in [1.807, 2.05) is 6.92 Å². The summed E-state index contributed by atoms with van der Waals surface area (Å²) < 4.78 is 0. The number of nitrogens with zero attached hydrogens (tertiary/aromatic N) is 2. The van der Waals surface area contributed by atoms with Crippen LogP contribution in [0.3, 0.4) is 0 Å². The lowest BCUT2D eigenvalue weighted by Crippen LogP contribution is -2.32. The Morgan fingerprint density at radius 2 is 2.19 bits per heavy atom. The van der Waals surface area contributed by atoms with Crippen molar-refractivity contribution in [3.8, 4) is 0 Å². The van der Waals surface area contributed by atoms with Crippen molar-refractivity contribution in [3.05, 3.63) is 15.6 Å². The van der Waals surface area contributed by atoms with Crippen LogP contribution in [0.1, 0.15) is 28.9 Å². The van der Waals surface area contributed by atoms with E-state index in [9.17, 15) is 0 Å². The number of halogens is 1. The molecule has 0 radical (unpaired) electrons. The Balaban J connectivity index is 0.00000225. The molecular formula is C10H19IN4S. The molecule has 1 aromatic heterocycles. The Morgan fingerprint density at radius 1 is 1.50 bits per heavy atom. The van der Waals surface area contributed by atoms with Crippen molar-refractivity contribution in [1.29, 1.82) is 0 Å². The molecule has 0 fully saturated rings. The zero-order valence-corrected chi connectivity index (χ0v) is 13.1. The topological polar surface area (TPSA) is 63.3 Å². The third kappa shape index (κ3) is 5.11. The van der Waals surface area contributed by atoms with Crippen LogP contribution in [0, 0.1) is 13.8 Å². The number of nitrogens with one attached hydrogen (secondary N) is 1. The van der Waals surface area contributed by atoms with E-state index in [1.54, 1.807) is 11.3 Å². The van der Waals surface area contributed by atoms with E-state index in [0.717, 1.165) is 23.7 Å². The highest BCUT2D eigenvalue weighted by atomic mass is 127. The zero-order chi connectivity index (χ0) is 11.3. The molecule has 0 aliphatic rings. The number of hydrogen-bond donors (Lipinski definition) is 2. The lowest BCUT2D eigenvalue weighted by Gasteiger charge is -2.02. The summed E-state index contributed by atoms with van der Waals surface area (Å²) in [5.41, 5.74) is 6.71. The van der Waals surface area contributed by atoms with Crippen LogP contribution in [0.5, 0.6) is 0 Å². The van der Waals surface area contributed by atoms with Crippen LogP contribution in [0.2, 0.25) is 0 Å². The van der Waals surface area contributed by atoms with E-state index in [0.29, 0.717) is 12.5 Å². The average molecular weight is 354 g/mol. The van der Waals surface area contributed by atoms with Gasteiger partial charge in [0.05, 0.1) is 17.2 Å². The smallest absolute Gasteiger partial charge is 0.188 e. The largest absolute Gasteiger partial charge is 0.370 e. The average Bonchev–Trinajstić information content (AvgIpc) is 2.51. The Bertz CT molecular complexity index is 349. The van der Waals surface area contributed by atoms with Gasteiger partial charge in [-0.15, -0.1) is 35.3 Å². The molecule has 1 rings (SSSR count). The van der Waals surface area contributed by atoms with E-state index < -0.39 is 0 Å². The van der Waals surface area contributed by atoms with Crippen LogP contribution in [-0.4, -0.2) is 17.5 Å². The van der Waals surface area contributed by atoms with Crippen molar-refractivity contribution in [3.63, 3.8) is 0 Å². The highest BCUT2D eigenvalue weighted by Gasteiger charge is 2.03. The first kappa shape index (κ1) is 15.6. The first-order valence-corrected chi connectivity index (χ1v) is 5.91. The van der Waals surface area contributed by atoms with E-state index >= 15 is 0 Å². The molecule has 0 spiro atoms. The van der Waals surface area contributed by atoms with Gasteiger partial charge in [-0.3, -0.25) is 0 Å². The van der Waals surface area contributed by atoms with Gasteiger partial charge < -0.3 is 11.1 Å². The summed E-state index contributed by atoms with van der Waals surface area (Å²) in [5, 5.41) is 4.11. The lowest BCUT2D eigenvalue weighted by molar-refractivity contribution is 0.823. The van der Waals surface area contributed by atoms with Gasteiger partial charge in [0.2, 0.25) is 0 Å². The number of guanidine groups is 1. The minimum absolute atomic E-state index is 0. The molecule has 6 heteroatoms. The number of hydrogen-bond acceptors (Lipinski definition) is 3. The highest BCUT2D eigenvalue weighted by Crippen LogP contribution is 2.16. The van der Waals surface area contributed by atoms with Crippen LogP contribution >= 0.6 is 35.3 Å². The summed E-state index contributed by atoms with van der Waals surface area (Å²) in [6.07, 6.45) is 1.05. The molecule has 0 aliphatic heterocycles. The maximum absolute atomic E-state index is 5.68. The monoisotopic (exact) mass is 354 g/mol. The van der Waals surface area contributed by atoms with Crippen molar-refractivity contribution in [1.82, 2.24) is 10.3 Å². The Kier molecular flexibility index (Phi) is 7.65. The summed E-state index contributed by atoms with van der Waals surface area (Å²) in [7, 11) is 0. The van der Waals surface area contributed by atoms with Gasteiger partial charge in [0.25, 0.3) is 0 Å². The van der Waals surface area contributed by atoms with Gasteiger partial charge in [0.15, 0.2) is 5.96 Å². The molecule has 4 nitrogen and oxygen atoms in total. The summed E-state index contributed by atoms with van der Waals surface area (Å²) in [4.78, 5) is 9.85. The first-order chi connectivity index (χ1) is 7.13. The molecule has 0 amide bonds. The van der Waals surface area contributed by atoms with Gasteiger partial charge in [0.1, 0.15) is 0 Å². The van der Waals surface area contributed by atoms with Gasteiger partial charge in [-0.2, -0.15) is 0 Å². The van der Waals surface area contributed by atoms with Crippen molar-refractivity contribution in [2.45, 2.75) is 33.7 Å². The maximum Gasteiger partial charge on any atom is 0.188 e. The van der Waals surface area contributed by atoms with Gasteiger partial charge in [-0.05, 0) is 20.3 Å². The number of aliphatic imine (C=N–C) groups is 1. The molecule has 3 N–H and O–H groups in total. The Hall–Kier alpha value is -0.370. The second-order valence-corrected chi connectivity index (χ2v) is 4.77. The molecule has 0 unspecified atom stereocenters. The van der Waals surface area contributed by atoms with Crippen molar-refractivity contribution in [2.24, 2.45) is 10.7 Å². The molecule has 16 heavy (non-hydrogen) atoms. The van der Waals surface area contributed by atoms with Gasteiger partial charge in [-0.25, -0.2) is 9.98 Å². The summed E-state index contributed by atoms with van der Waals surface area (Å²) in [6.45, 7) is 7.59. The minimum Gasteiger partial charge on any atom is -0.370 e. The van der Waals surface area contributed by atoms with Gasteiger partial charge in [0, 0.05) is 11.4 Å². The predicted molar refractivity (Wildman–Crippen MR) is 80.6 cm³/mol. The van der Waals surface area contributed by atoms with Crippen LogP contribution in [0.15, 0.2) is 4.99 Å². The van der Waals surface area contributed by atoms with E-state index in [2.05, 4.69) is 29.1 Å². The number of thiazole rings is 1. The maximum atomic E-state index is 5.68. The minimum atomic E-state index is 0. The Labute approximate surface area is 118 Å². The lowest BCUT2D eigenvalue weighted by atomic mass is 10.4. The number of aryl methyl sites for hydroxylation is 2. The molecular weight excluding hydrogens is 335 g/mol. The van der Waals surface area contributed by atoms with Crippen LogP contribution < -0.4 is 11.1 Å². The second-order valence-electron chi connectivity index (χ2n) is 3.36. The summed E-state index contributed by atoms with van der Waals surface area (Å²) >= 11 is 1.70. The molecule has 0 atom stereocenters. The van der Waals surface area contributed by atoms with Crippen molar-refractivity contribution < 1.29 is 0 Å². The molecule has 0 aliphatic carbocycles. The fourth-order valence-corrected chi connectivity index (χ4v) is 2.01. The quantitative estimate of drug-likeness (QED) is 0.495. The standard InChI is InChI=1S/C10H18N4S.HI/c1-4-5-12-10(11)13-6-9-7(2)15-8(3)14-9;/h4-6H2,1-3H3,(H3,11,12,13);1H. The fourth-order valence-electron chi connectivity index (χ4n) is 1.19. The van der Waals surface area contributed by atoms with Gasteiger partial charge in [-0.1, -0.05) is 6.92 Å². The predicted octanol–water partition coefficient (Wildman–Crippen LogP) is 2.19. The van der Waals surface area contributed by atoms with E-state index in [-0.39, 0.29) is 24.0 Å². The van der Waals surface area contributed by atoms with E-state index in [4.69, 9.17) is 5.73 Å². The summed E-state index contributed by atoms with van der Waals surface area (Å²) in [5.74, 6) is 0.502. The van der Waals surface area contributed by atoms with Gasteiger partial charge >= 0.3 is 0 Å². The third-order valence-corrected chi connectivity index (χ3v) is 2.88. The third-order valence-electron chi connectivity index (χ3n) is 1.95. The molecule has 0 saturated carbocycles. The van der Waals surface area contributed by atoms with Crippen LogP contribution in [0.4, 0.5) is 0 Å². The van der Waals surface area contributed by atoms with Crippen molar-refractivity contribution in [2.75, 3.05) is 6.54 Å². The SMILES string of the molecule is CCCNC(N)=NCc1nc(C)sc1C.I. The molecule has 0 bridgehead atoms. The number of rotatable bonds is 4. The highest BCUT2D eigenvalue weighted by molar-refractivity contribution is 14.0. The van der Waals surface area contributed by atoms with E-state index in [1.165, 1.54) is 4.88 Å². The van der Waals surface area contributed by atoms with Crippen molar-refractivity contribution >= 4 is 41.3 Å². The molecule has 92 valence electrons. The molecule has 0 saturated heterocycles. The molecule has 0 aromatic carbocycles. The number of nitrogens with two attached hydrogens (primary N) is 1. The number of aromatic nitrogens is 1. The van der Waals surface area contributed by atoms with Crippen LogP contribution in [-0.2, 0) is 6.54 Å². The molecule has 1 aromatic rings.